The van der Waals surface area contributed by atoms with Crippen molar-refractivity contribution < 1.29 is 4.74 Å². The van der Waals surface area contributed by atoms with Crippen LogP contribution in [0.5, 0.6) is 0 Å². The lowest BCUT2D eigenvalue weighted by molar-refractivity contribution is 0.171. The second-order valence-corrected chi connectivity index (χ2v) is 4.27. The lowest BCUT2D eigenvalue weighted by Gasteiger charge is -2.17. The minimum absolute atomic E-state index is 0.333. The molecule has 2 heterocycles. The molecule has 1 aromatic heterocycles. The zero-order chi connectivity index (χ0) is 10.9. The van der Waals surface area contributed by atoms with Crippen LogP contribution in [0.15, 0.2) is 6.07 Å². The third-order valence-corrected chi connectivity index (χ3v) is 2.96. The number of hydrogen-bond donors (Lipinski definition) is 0. The minimum Gasteiger partial charge on any atom is -0.380 e. The standard InChI is InChI=1S/C11H15N3O/c1-9-5-10(14(2)13-9)6-11(7-12)3-4-15-8-11/h5H,3-4,6,8H2,1-2H3. The fourth-order valence-corrected chi connectivity index (χ4v) is 2.05. The third-order valence-electron chi connectivity index (χ3n) is 2.96. The fourth-order valence-electron chi connectivity index (χ4n) is 2.05. The predicted molar refractivity (Wildman–Crippen MR) is 55.1 cm³/mol. The highest BCUT2D eigenvalue weighted by atomic mass is 16.5. The SMILES string of the molecule is Cc1cc(CC2(C#N)CCOC2)n(C)n1. The maximum atomic E-state index is 9.22. The van der Waals surface area contributed by atoms with Crippen LogP contribution in [-0.4, -0.2) is 23.0 Å². The summed E-state index contributed by atoms with van der Waals surface area (Å²) in [5.74, 6) is 0. The zero-order valence-electron chi connectivity index (χ0n) is 9.16. The van der Waals surface area contributed by atoms with E-state index >= 15 is 0 Å². The van der Waals surface area contributed by atoms with Gasteiger partial charge in [0.15, 0.2) is 0 Å². The first-order chi connectivity index (χ1) is 7.15. The van der Waals surface area contributed by atoms with Crippen LogP contribution in [-0.2, 0) is 18.2 Å². The second-order valence-electron chi connectivity index (χ2n) is 4.27. The molecule has 0 spiro atoms. The Morgan fingerprint density at radius 2 is 2.53 bits per heavy atom. The average Bonchev–Trinajstić information content (AvgIpc) is 2.76. The van der Waals surface area contributed by atoms with Crippen molar-refractivity contribution in [1.82, 2.24) is 9.78 Å². The first-order valence-corrected chi connectivity index (χ1v) is 5.14. The number of nitriles is 1. The average molecular weight is 205 g/mol. The Kier molecular flexibility index (Phi) is 2.49. The Morgan fingerprint density at radius 3 is 3.00 bits per heavy atom. The van der Waals surface area contributed by atoms with Crippen molar-refractivity contribution in [1.29, 1.82) is 5.26 Å². The summed E-state index contributed by atoms with van der Waals surface area (Å²) >= 11 is 0. The molecule has 0 aromatic carbocycles. The zero-order valence-corrected chi connectivity index (χ0v) is 9.16. The van der Waals surface area contributed by atoms with Crippen LogP contribution < -0.4 is 0 Å². The Balaban J connectivity index is 2.20. The smallest absolute Gasteiger partial charge is 0.0883 e. The quantitative estimate of drug-likeness (QED) is 0.729. The molecule has 80 valence electrons. The molecule has 0 amide bonds. The van der Waals surface area contributed by atoms with Gasteiger partial charge in [0.25, 0.3) is 0 Å². The fraction of sp³-hybridized carbons (Fsp3) is 0.636. The van der Waals surface area contributed by atoms with Crippen molar-refractivity contribution in [2.75, 3.05) is 13.2 Å². The molecule has 1 saturated heterocycles. The van der Waals surface area contributed by atoms with Crippen LogP contribution in [0.25, 0.3) is 0 Å². The van der Waals surface area contributed by atoms with E-state index in [0.717, 1.165) is 24.2 Å². The van der Waals surface area contributed by atoms with Gasteiger partial charge in [-0.2, -0.15) is 10.4 Å². The van der Waals surface area contributed by atoms with E-state index in [1.54, 1.807) is 0 Å². The maximum absolute atomic E-state index is 9.22. The topological polar surface area (TPSA) is 50.8 Å². The van der Waals surface area contributed by atoms with Gasteiger partial charge in [-0.05, 0) is 19.4 Å². The molecule has 4 heteroatoms. The molecular formula is C11H15N3O. The summed E-state index contributed by atoms with van der Waals surface area (Å²) in [6.07, 6.45) is 1.56. The molecule has 0 N–H and O–H groups in total. The van der Waals surface area contributed by atoms with Crippen molar-refractivity contribution in [3.8, 4) is 6.07 Å². The molecule has 1 aromatic rings. The van der Waals surface area contributed by atoms with E-state index in [0.29, 0.717) is 13.2 Å². The van der Waals surface area contributed by atoms with E-state index in [1.165, 1.54) is 0 Å². The van der Waals surface area contributed by atoms with Crippen molar-refractivity contribution in [3.05, 3.63) is 17.5 Å². The van der Waals surface area contributed by atoms with Gasteiger partial charge in [-0.15, -0.1) is 0 Å². The lowest BCUT2D eigenvalue weighted by atomic mass is 9.84. The highest BCUT2D eigenvalue weighted by Crippen LogP contribution is 2.31. The molecule has 4 nitrogen and oxygen atoms in total. The molecule has 1 aliphatic rings. The van der Waals surface area contributed by atoms with Crippen LogP contribution in [0.3, 0.4) is 0 Å². The highest BCUT2D eigenvalue weighted by molar-refractivity contribution is 5.15. The van der Waals surface area contributed by atoms with Gasteiger partial charge >= 0.3 is 0 Å². The van der Waals surface area contributed by atoms with Crippen LogP contribution in [0.4, 0.5) is 0 Å². The van der Waals surface area contributed by atoms with Crippen LogP contribution >= 0.6 is 0 Å². The number of aromatic nitrogens is 2. The van der Waals surface area contributed by atoms with Crippen LogP contribution in [0.1, 0.15) is 17.8 Å². The molecule has 1 fully saturated rings. The molecule has 0 saturated carbocycles. The number of hydrogen-bond acceptors (Lipinski definition) is 3. The van der Waals surface area contributed by atoms with Crippen LogP contribution in [0.2, 0.25) is 0 Å². The summed E-state index contributed by atoms with van der Waals surface area (Å²) in [6.45, 7) is 3.21. The number of nitrogens with zero attached hydrogens (tertiary/aromatic N) is 3. The summed E-state index contributed by atoms with van der Waals surface area (Å²) in [6, 6.07) is 4.44. The number of aryl methyl sites for hydroxylation is 2. The van der Waals surface area contributed by atoms with Gasteiger partial charge < -0.3 is 4.74 Å². The Morgan fingerprint density at radius 1 is 1.73 bits per heavy atom. The minimum atomic E-state index is -0.333. The third kappa shape index (κ3) is 1.88. The van der Waals surface area contributed by atoms with Gasteiger partial charge in [0.1, 0.15) is 0 Å². The summed E-state index contributed by atoms with van der Waals surface area (Å²) in [7, 11) is 1.92. The molecular weight excluding hydrogens is 190 g/mol. The Bertz CT molecular complexity index is 396. The summed E-state index contributed by atoms with van der Waals surface area (Å²) in [4.78, 5) is 0. The molecule has 1 atom stereocenters. The molecule has 15 heavy (non-hydrogen) atoms. The Hall–Kier alpha value is -1.34. The molecule has 1 aliphatic heterocycles. The van der Waals surface area contributed by atoms with E-state index in [-0.39, 0.29) is 5.41 Å². The first-order valence-electron chi connectivity index (χ1n) is 5.14. The van der Waals surface area contributed by atoms with Crippen molar-refractivity contribution in [2.45, 2.75) is 19.8 Å². The summed E-state index contributed by atoms with van der Waals surface area (Å²) < 4.78 is 7.17. The van der Waals surface area contributed by atoms with Gasteiger partial charge in [0.05, 0.1) is 23.8 Å². The largest absolute Gasteiger partial charge is 0.380 e. The van der Waals surface area contributed by atoms with Crippen molar-refractivity contribution >= 4 is 0 Å². The van der Waals surface area contributed by atoms with Gasteiger partial charge in [-0.3, -0.25) is 4.68 Å². The van der Waals surface area contributed by atoms with Crippen molar-refractivity contribution in [2.24, 2.45) is 12.5 Å². The number of rotatable bonds is 2. The second kappa shape index (κ2) is 3.67. The van der Waals surface area contributed by atoms with Gasteiger partial charge in [0.2, 0.25) is 0 Å². The van der Waals surface area contributed by atoms with Gasteiger partial charge in [0, 0.05) is 25.8 Å². The molecule has 0 bridgehead atoms. The molecule has 1 unspecified atom stereocenters. The van der Waals surface area contributed by atoms with Crippen LogP contribution in [0, 0.1) is 23.7 Å². The lowest BCUT2D eigenvalue weighted by Crippen LogP contribution is -2.23. The van der Waals surface area contributed by atoms with Gasteiger partial charge in [-0.25, -0.2) is 0 Å². The maximum Gasteiger partial charge on any atom is 0.0883 e. The normalized spacial score (nSPS) is 25.4. The molecule has 0 radical (unpaired) electrons. The Labute approximate surface area is 89.5 Å². The molecule has 0 aliphatic carbocycles. The van der Waals surface area contributed by atoms with E-state index in [9.17, 15) is 5.26 Å². The van der Waals surface area contributed by atoms with E-state index < -0.39 is 0 Å². The number of ether oxygens (including phenoxy) is 1. The first kappa shape index (κ1) is 10.2. The van der Waals surface area contributed by atoms with E-state index in [4.69, 9.17) is 4.74 Å². The molecule has 2 rings (SSSR count). The van der Waals surface area contributed by atoms with E-state index in [2.05, 4.69) is 11.2 Å². The summed E-state index contributed by atoms with van der Waals surface area (Å²) in [5.41, 5.74) is 1.78. The van der Waals surface area contributed by atoms with Crippen molar-refractivity contribution in [3.63, 3.8) is 0 Å². The highest BCUT2D eigenvalue weighted by Gasteiger charge is 2.36. The van der Waals surface area contributed by atoms with Gasteiger partial charge in [-0.1, -0.05) is 0 Å². The summed E-state index contributed by atoms with van der Waals surface area (Å²) in [5, 5.41) is 13.5. The monoisotopic (exact) mass is 205 g/mol. The van der Waals surface area contributed by atoms with E-state index in [1.807, 2.05) is 24.7 Å². The predicted octanol–water partition coefficient (Wildman–Crippen LogP) is 1.20.